The van der Waals surface area contributed by atoms with Gasteiger partial charge in [-0.25, -0.2) is 0 Å². The molecule has 0 bridgehead atoms. The Bertz CT molecular complexity index is 448. The van der Waals surface area contributed by atoms with E-state index in [0.29, 0.717) is 12.3 Å². The van der Waals surface area contributed by atoms with E-state index in [1.165, 1.54) is 18.5 Å². The van der Waals surface area contributed by atoms with Crippen molar-refractivity contribution in [2.75, 3.05) is 37.7 Å². The van der Waals surface area contributed by atoms with E-state index in [1.807, 2.05) is 18.5 Å². The molecule has 0 saturated carbocycles. The number of rotatable bonds is 4. The number of piperidine rings is 2. The molecule has 0 aromatic carbocycles. The second-order valence-corrected chi connectivity index (χ2v) is 6.65. The van der Waals surface area contributed by atoms with Crippen LogP contribution in [0.25, 0.3) is 0 Å². The first-order valence-electron chi connectivity index (χ1n) is 8.44. The van der Waals surface area contributed by atoms with Crippen LogP contribution in [0.4, 0.5) is 5.69 Å². The standard InChI is InChI=1S/C17H27N3O2/c21-13-16-10-17(22)5-9-20(16)12-14-3-7-19(8-4-14)15-2-1-6-18-11-15/h1-2,6,11,14,16-17,21-22H,3-5,7-10,12-13H2. The van der Waals surface area contributed by atoms with Gasteiger partial charge in [-0.05, 0) is 43.7 Å². The van der Waals surface area contributed by atoms with Crippen LogP contribution in [-0.4, -0.2) is 65.0 Å². The quantitative estimate of drug-likeness (QED) is 0.873. The number of aliphatic hydroxyl groups excluding tert-OH is 2. The highest BCUT2D eigenvalue weighted by Crippen LogP contribution is 2.26. The minimum absolute atomic E-state index is 0.139. The number of pyridine rings is 1. The van der Waals surface area contributed by atoms with Gasteiger partial charge < -0.3 is 15.1 Å². The molecule has 0 spiro atoms. The smallest absolute Gasteiger partial charge is 0.0587 e. The van der Waals surface area contributed by atoms with Crippen LogP contribution >= 0.6 is 0 Å². The molecule has 5 heteroatoms. The van der Waals surface area contributed by atoms with Gasteiger partial charge in [0.15, 0.2) is 0 Å². The predicted molar refractivity (Wildman–Crippen MR) is 86.9 cm³/mol. The summed E-state index contributed by atoms with van der Waals surface area (Å²) in [7, 11) is 0. The van der Waals surface area contributed by atoms with E-state index in [-0.39, 0.29) is 18.8 Å². The Morgan fingerprint density at radius 1 is 1.18 bits per heavy atom. The van der Waals surface area contributed by atoms with Crippen molar-refractivity contribution in [2.45, 2.75) is 37.8 Å². The van der Waals surface area contributed by atoms with Crippen molar-refractivity contribution < 1.29 is 10.2 Å². The van der Waals surface area contributed by atoms with Crippen molar-refractivity contribution >= 4 is 5.69 Å². The molecule has 22 heavy (non-hydrogen) atoms. The van der Waals surface area contributed by atoms with Gasteiger partial charge in [0.1, 0.15) is 0 Å². The van der Waals surface area contributed by atoms with Gasteiger partial charge in [-0.2, -0.15) is 0 Å². The van der Waals surface area contributed by atoms with E-state index in [2.05, 4.69) is 20.9 Å². The largest absolute Gasteiger partial charge is 0.395 e. The lowest BCUT2D eigenvalue weighted by atomic mass is 9.92. The van der Waals surface area contributed by atoms with E-state index in [0.717, 1.165) is 32.6 Å². The molecule has 2 aliphatic heterocycles. The first-order chi connectivity index (χ1) is 10.8. The van der Waals surface area contributed by atoms with Crippen molar-refractivity contribution in [1.29, 1.82) is 0 Å². The van der Waals surface area contributed by atoms with Gasteiger partial charge in [-0.1, -0.05) is 0 Å². The zero-order chi connectivity index (χ0) is 15.4. The Hall–Kier alpha value is -1.17. The zero-order valence-corrected chi connectivity index (χ0v) is 13.1. The van der Waals surface area contributed by atoms with Crippen LogP contribution in [-0.2, 0) is 0 Å². The summed E-state index contributed by atoms with van der Waals surface area (Å²) >= 11 is 0. The van der Waals surface area contributed by atoms with Crippen LogP contribution in [0, 0.1) is 5.92 Å². The number of likely N-dealkylation sites (tertiary alicyclic amines) is 1. The van der Waals surface area contributed by atoms with E-state index in [9.17, 15) is 10.2 Å². The summed E-state index contributed by atoms with van der Waals surface area (Å²) in [4.78, 5) is 8.99. The molecular weight excluding hydrogens is 278 g/mol. The highest BCUT2D eigenvalue weighted by atomic mass is 16.3. The molecule has 0 aliphatic carbocycles. The molecule has 2 fully saturated rings. The van der Waals surface area contributed by atoms with Gasteiger partial charge >= 0.3 is 0 Å². The first-order valence-corrected chi connectivity index (χ1v) is 8.44. The maximum atomic E-state index is 9.74. The molecule has 2 atom stereocenters. The maximum Gasteiger partial charge on any atom is 0.0587 e. The minimum Gasteiger partial charge on any atom is -0.395 e. The summed E-state index contributed by atoms with van der Waals surface area (Å²) in [6.45, 7) is 4.28. The molecule has 0 amide bonds. The van der Waals surface area contributed by atoms with Crippen LogP contribution in [0.3, 0.4) is 0 Å². The summed E-state index contributed by atoms with van der Waals surface area (Å²) in [5, 5.41) is 19.3. The van der Waals surface area contributed by atoms with Crippen molar-refractivity contribution in [3.63, 3.8) is 0 Å². The minimum atomic E-state index is -0.235. The molecule has 2 unspecified atom stereocenters. The molecule has 3 heterocycles. The summed E-state index contributed by atoms with van der Waals surface area (Å²) < 4.78 is 0. The molecule has 2 aliphatic rings. The van der Waals surface area contributed by atoms with Crippen LogP contribution in [0.15, 0.2) is 24.5 Å². The third-order valence-electron chi connectivity index (χ3n) is 5.14. The fourth-order valence-corrected chi connectivity index (χ4v) is 3.75. The number of hydrogen-bond donors (Lipinski definition) is 2. The Kier molecular flexibility index (Phi) is 5.28. The molecule has 1 aromatic rings. The molecule has 2 saturated heterocycles. The zero-order valence-electron chi connectivity index (χ0n) is 13.1. The van der Waals surface area contributed by atoms with Gasteiger partial charge in [-0.3, -0.25) is 9.88 Å². The Balaban J connectivity index is 1.49. The van der Waals surface area contributed by atoms with Crippen molar-refractivity contribution in [3.8, 4) is 0 Å². The lowest BCUT2D eigenvalue weighted by Gasteiger charge is -2.41. The molecule has 3 rings (SSSR count). The summed E-state index contributed by atoms with van der Waals surface area (Å²) in [5.41, 5.74) is 1.22. The molecule has 2 N–H and O–H groups in total. The third kappa shape index (κ3) is 3.77. The summed E-state index contributed by atoms with van der Waals surface area (Å²) in [5.74, 6) is 0.692. The van der Waals surface area contributed by atoms with Crippen molar-refractivity contribution in [1.82, 2.24) is 9.88 Å². The number of nitrogens with zero attached hydrogens (tertiary/aromatic N) is 3. The Labute approximate surface area is 132 Å². The molecule has 0 radical (unpaired) electrons. The first kappa shape index (κ1) is 15.7. The summed E-state index contributed by atoms with van der Waals surface area (Å²) in [6, 6.07) is 4.26. The van der Waals surface area contributed by atoms with E-state index >= 15 is 0 Å². The van der Waals surface area contributed by atoms with Gasteiger partial charge in [-0.15, -0.1) is 0 Å². The lowest BCUT2D eigenvalue weighted by molar-refractivity contribution is 0.00781. The molecule has 1 aromatic heterocycles. The number of aliphatic hydroxyl groups is 2. The molecule has 5 nitrogen and oxygen atoms in total. The normalized spacial score (nSPS) is 28.0. The average Bonchev–Trinajstić information content (AvgIpc) is 2.58. The highest BCUT2D eigenvalue weighted by molar-refractivity contribution is 5.43. The fraction of sp³-hybridized carbons (Fsp3) is 0.706. The Morgan fingerprint density at radius 3 is 2.68 bits per heavy atom. The fourth-order valence-electron chi connectivity index (χ4n) is 3.75. The lowest BCUT2D eigenvalue weighted by Crippen LogP contribution is -2.49. The van der Waals surface area contributed by atoms with Gasteiger partial charge in [0.2, 0.25) is 0 Å². The van der Waals surface area contributed by atoms with Crippen molar-refractivity contribution in [3.05, 3.63) is 24.5 Å². The average molecular weight is 305 g/mol. The van der Waals surface area contributed by atoms with Crippen LogP contribution in [0.1, 0.15) is 25.7 Å². The van der Waals surface area contributed by atoms with E-state index in [4.69, 9.17) is 0 Å². The molecular formula is C17H27N3O2. The number of aromatic nitrogens is 1. The Morgan fingerprint density at radius 2 is 2.00 bits per heavy atom. The second-order valence-electron chi connectivity index (χ2n) is 6.65. The van der Waals surface area contributed by atoms with Gasteiger partial charge in [0.05, 0.1) is 24.6 Å². The van der Waals surface area contributed by atoms with Crippen LogP contribution < -0.4 is 4.90 Å². The van der Waals surface area contributed by atoms with E-state index < -0.39 is 0 Å². The third-order valence-corrected chi connectivity index (χ3v) is 5.14. The van der Waals surface area contributed by atoms with E-state index in [1.54, 1.807) is 0 Å². The predicted octanol–water partition coefficient (Wildman–Crippen LogP) is 1.12. The van der Waals surface area contributed by atoms with Crippen LogP contribution in [0.5, 0.6) is 0 Å². The highest BCUT2D eigenvalue weighted by Gasteiger charge is 2.29. The SMILES string of the molecule is OCC1CC(O)CCN1CC1CCN(c2cccnc2)CC1. The summed E-state index contributed by atoms with van der Waals surface area (Å²) in [6.07, 6.45) is 7.44. The monoisotopic (exact) mass is 305 g/mol. The maximum absolute atomic E-state index is 9.74. The molecule has 122 valence electrons. The van der Waals surface area contributed by atoms with Gasteiger partial charge in [0, 0.05) is 38.4 Å². The van der Waals surface area contributed by atoms with Crippen molar-refractivity contribution in [2.24, 2.45) is 5.92 Å². The second kappa shape index (κ2) is 7.40. The van der Waals surface area contributed by atoms with Crippen LogP contribution in [0.2, 0.25) is 0 Å². The number of hydrogen-bond acceptors (Lipinski definition) is 5. The number of anilines is 1. The topological polar surface area (TPSA) is 59.8 Å². The van der Waals surface area contributed by atoms with Gasteiger partial charge in [0.25, 0.3) is 0 Å².